The highest BCUT2D eigenvalue weighted by atomic mass is 32.2. The van der Waals surface area contributed by atoms with E-state index in [-0.39, 0.29) is 35.1 Å². The van der Waals surface area contributed by atoms with E-state index in [0.29, 0.717) is 55.4 Å². The maximum Gasteiger partial charge on any atom is 0.328 e. The lowest BCUT2D eigenvalue weighted by Crippen LogP contribution is -2.49. The van der Waals surface area contributed by atoms with Gasteiger partial charge in [0, 0.05) is 74.7 Å². The van der Waals surface area contributed by atoms with Crippen molar-refractivity contribution in [2.24, 2.45) is 5.92 Å². The lowest BCUT2D eigenvalue weighted by Gasteiger charge is -2.31. The zero-order valence-electron chi connectivity index (χ0n) is 26.9. The van der Waals surface area contributed by atoms with Crippen LogP contribution in [0.25, 0.3) is 10.9 Å². The van der Waals surface area contributed by atoms with E-state index in [1.165, 1.54) is 6.07 Å². The van der Waals surface area contributed by atoms with Gasteiger partial charge in [-0.1, -0.05) is 11.8 Å². The number of aromatic nitrogens is 2. The molecule has 0 radical (unpaired) electrons. The van der Waals surface area contributed by atoms with Gasteiger partial charge in [-0.25, -0.2) is 14.2 Å². The summed E-state index contributed by atoms with van der Waals surface area (Å²) >= 11 is 1.74. The van der Waals surface area contributed by atoms with Gasteiger partial charge in [0.2, 0.25) is 11.8 Å². The topological polar surface area (TPSA) is 128 Å². The fraction of sp³-hybridized carbons (Fsp3) is 0.457. The summed E-state index contributed by atoms with van der Waals surface area (Å²) in [5, 5.41) is 2.67. The molecule has 4 amide bonds. The number of piperidine rings is 2. The number of nitrogens with one attached hydrogen (secondary N) is 2. The summed E-state index contributed by atoms with van der Waals surface area (Å²) in [6.45, 7) is 6.24. The number of imide groups is 1. The van der Waals surface area contributed by atoms with Crippen molar-refractivity contribution in [1.82, 2.24) is 25.1 Å². The molecule has 0 saturated carbocycles. The van der Waals surface area contributed by atoms with Crippen LogP contribution in [-0.2, 0) is 15.3 Å². The molecule has 6 rings (SSSR count). The van der Waals surface area contributed by atoms with E-state index in [4.69, 9.17) is 4.74 Å². The van der Waals surface area contributed by atoms with Crippen LogP contribution in [0.2, 0.25) is 0 Å². The largest absolute Gasteiger partial charge is 0.493 e. The maximum atomic E-state index is 14.9. The number of thioether (sulfide) groups is 1. The number of nitrogens with zero attached hydrogens (tertiary/aromatic N) is 4. The average Bonchev–Trinajstić information content (AvgIpc) is 3.07. The van der Waals surface area contributed by atoms with Gasteiger partial charge in [0.1, 0.15) is 22.8 Å². The van der Waals surface area contributed by atoms with Crippen LogP contribution in [0.15, 0.2) is 41.2 Å². The molecule has 13 heteroatoms. The van der Waals surface area contributed by atoms with Crippen LogP contribution < -0.4 is 20.5 Å². The highest BCUT2D eigenvalue weighted by Gasteiger charge is 2.25. The third-order valence-electron chi connectivity index (χ3n) is 9.09. The molecule has 2 aromatic carbocycles. The lowest BCUT2D eigenvalue weighted by atomic mass is 9.98. The Morgan fingerprint density at radius 1 is 1.04 bits per heavy atom. The number of carbonyl (C=O) groups excluding carboxylic acids is 3. The number of amides is 4. The molecule has 3 aromatic rings. The van der Waals surface area contributed by atoms with Crippen LogP contribution in [0.3, 0.4) is 0 Å². The summed E-state index contributed by atoms with van der Waals surface area (Å²) in [6.07, 6.45) is 3.93. The molecule has 3 saturated heterocycles. The minimum Gasteiger partial charge on any atom is -0.493 e. The van der Waals surface area contributed by atoms with E-state index in [1.54, 1.807) is 29.7 Å². The van der Waals surface area contributed by atoms with E-state index in [9.17, 15) is 23.6 Å². The van der Waals surface area contributed by atoms with Gasteiger partial charge in [0.25, 0.3) is 5.56 Å². The highest BCUT2D eigenvalue weighted by molar-refractivity contribution is 7.99. The molecule has 11 nitrogen and oxygen atoms in total. The fourth-order valence-electron chi connectivity index (χ4n) is 6.25. The monoisotopic (exact) mass is 674 g/mol. The van der Waals surface area contributed by atoms with Crippen LogP contribution in [0.1, 0.15) is 50.4 Å². The molecule has 252 valence electrons. The second kappa shape index (κ2) is 15.2. The number of aromatic amines is 1. The average molecular weight is 675 g/mol. The van der Waals surface area contributed by atoms with Crippen molar-refractivity contribution in [2.45, 2.75) is 50.0 Å². The van der Waals surface area contributed by atoms with Crippen molar-refractivity contribution in [3.8, 4) is 17.6 Å². The Balaban J connectivity index is 0.963. The molecule has 0 bridgehead atoms. The summed E-state index contributed by atoms with van der Waals surface area (Å²) in [4.78, 5) is 60.8. The first-order valence-electron chi connectivity index (χ1n) is 16.4. The number of ether oxygens (including phenoxy) is 1. The van der Waals surface area contributed by atoms with Crippen LogP contribution in [0.5, 0.6) is 5.75 Å². The van der Waals surface area contributed by atoms with Crippen molar-refractivity contribution in [3.05, 3.63) is 64.0 Å². The third kappa shape index (κ3) is 8.35. The third-order valence-corrected chi connectivity index (χ3v) is 10.5. The Bertz CT molecular complexity index is 1790. The first kappa shape index (κ1) is 33.5. The normalized spacial score (nSPS) is 18.0. The Hall–Kier alpha value is -4.41. The number of hydrogen-bond donors (Lipinski definition) is 2. The van der Waals surface area contributed by atoms with Crippen LogP contribution in [-0.4, -0.2) is 88.7 Å². The fourth-order valence-corrected chi connectivity index (χ4v) is 7.32. The quantitative estimate of drug-likeness (QED) is 0.345. The maximum absolute atomic E-state index is 14.9. The predicted molar refractivity (Wildman–Crippen MR) is 182 cm³/mol. The number of carbonyl (C=O) groups is 3. The van der Waals surface area contributed by atoms with Crippen molar-refractivity contribution < 1.29 is 23.5 Å². The van der Waals surface area contributed by atoms with Gasteiger partial charge < -0.3 is 14.6 Å². The second-order valence-corrected chi connectivity index (χ2v) is 13.8. The summed E-state index contributed by atoms with van der Waals surface area (Å²) < 4.78 is 20.8. The molecular weight excluding hydrogens is 635 g/mol. The van der Waals surface area contributed by atoms with E-state index in [1.807, 2.05) is 29.2 Å². The number of rotatable bonds is 8. The van der Waals surface area contributed by atoms with E-state index < -0.39 is 17.4 Å². The minimum atomic E-state index is -0.653. The smallest absolute Gasteiger partial charge is 0.328 e. The molecular formula is C35H39FN6O5S. The molecule has 48 heavy (non-hydrogen) atoms. The second-order valence-electron chi connectivity index (χ2n) is 12.5. The SMILES string of the molecule is CC(=O)N1CCC(COc2cc(F)c3c(=O)[nH]c(CSC4CCN(CC#Cc5ccc(N6CCC(=O)NC6=O)cc5)CC4)nc3c2)CC1. The predicted octanol–water partition coefficient (Wildman–Crippen LogP) is 3.90. The summed E-state index contributed by atoms with van der Waals surface area (Å²) in [6, 6.07) is 9.92. The summed E-state index contributed by atoms with van der Waals surface area (Å²) in [5.74, 6) is 7.28. The van der Waals surface area contributed by atoms with Crippen molar-refractivity contribution in [1.29, 1.82) is 0 Å². The molecule has 3 fully saturated rings. The standard InChI is InChI=1S/C35H39FN6O5S/c1-23(43)41-16-8-25(9-17-41)21-47-27-19-29(36)33-30(20-27)37-31(38-34(33)45)22-48-28-10-14-40(15-11-28)13-2-3-24-4-6-26(7-5-24)42-18-12-32(44)39-35(42)46/h4-7,19-20,25,28H,8-18,21-22H2,1H3,(H,37,38,45)(H,39,44,46). The Morgan fingerprint density at radius 3 is 2.50 bits per heavy atom. The number of halogens is 1. The van der Waals surface area contributed by atoms with E-state index >= 15 is 0 Å². The number of H-pyrrole nitrogens is 1. The molecule has 3 aliphatic heterocycles. The number of hydrogen-bond acceptors (Lipinski definition) is 8. The van der Waals surface area contributed by atoms with Gasteiger partial charge in [0.15, 0.2) is 0 Å². The Kier molecular flexibility index (Phi) is 10.6. The van der Waals surface area contributed by atoms with Gasteiger partial charge in [-0.05, 0) is 55.9 Å². The minimum absolute atomic E-state index is 0.0664. The van der Waals surface area contributed by atoms with Crippen molar-refractivity contribution in [2.75, 3.05) is 50.8 Å². The zero-order valence-corrected chi connectivity index (χ0v) is 27.7. The number of benzene rings is 2. The Labute approximate surface area is 282 Å². The highest BCUT2D eigenvalue weighted by Crippen LogP contribution is 2.27. The molecule has 2 N–H and O–H groups in total. The van der Waals surface area contributed by atoms with Gasteiger partial charge in [0.05, 0.1) is 24.4 Å². The molecule has 0 unspecified atom stereocenters. The van der Waals surface area contributed by atoms with Crippen molar-refractivity contribution in [3.63, 3.8) is 0 Å². The van der Waals surface area contributed by atoms with Crippen LogP contribution >= 0.6 is 11.8 Å². The molecule has 0 atom stereocenters. The zero-order chi connectivity index (χ0) is 33.6. The van der Waals surface area contributed by atoms with Gasteiger partial charge in [-0.3, -0.25) is 29.5 Å². The molecule has 0 aliphatic carbocycles. The van der Waals surface area contributed by atoms with Gasteiger partial charge in [-0.15, -0.1) is 0 Å². The first-order valence-corrected chi connectivity index (χ1v) is 17.4. The lowest BCUT2D eigenvalue weighted by molar-refractivity contribution is -0.130. The summed E-state index contributed by atoms with van der Waals surface area (Å²) in [7, 11) is 0. The molecule has 3 aliphatic rings. The van der Waals surface area contributed by atoms with Crippen molar-refractivity contribution >= 4 is 46.2 Å². The number of fused-ring (bicyclic) bond motifs is 1. The van der Waals surface area contributed by atoms with Crippen LogP contribution in [0, 0.1) is 23.6 Å². The number of anilines is 1. The van der Waals surface area contributed by atoms with Gasteiger partial charge in [-0.2, -0.15) is 11.8 Å². The summed E-state index contributed by atoms with van der Waals surface area (Å²) in [5.41, 5.74) is 1.38. The Morgan fingerprint density at radius 2 is 1.79 bits per heavy atom. The van der Waals surface area contributed by atoms with E-state index in [2.05, 4.69) is 32.0 Å². The molecule has 0 spiro atoms. The van der Waals surface area contributed by atoms with E-state index in [0.717, 1.165) is 50.0 Å². The first-order chi connectivity index (χ1) is 23.2. The van der Waals surface area contributed by atoms with Crippen LogP contribution in [0.4, 0.5) is 14.9 Å². The van der Waals surface area contributed by atoms with Gasteiger partial charge >= 0.3 is 6.03 Å². The molecule has 1 aromatic heterocycles. The molecule has 4 heterocycles. The number of likely N-dealkylation sites (tertiary alicyclic amines) is 2. The number of urea groups is 1.